The van der Waals surface area contributed by atoms with Crippen molar-refractivity contribution in [2.75, 3.05) is 0 Å². The highest BCUT2D eigenvalue weighted by atomic mass is 16.4. The maximum Gasteiger partial charge on any atom is 0.303 e. The van der Waals surface area contributed by atoms with Crippen molar-refractivity contribution in [2.24, 2.45) is 0 Å². The maximum absolute atomic E-state index is 10.1. The van der Waals surface area contributed by atoms with Crippen LogP contribution in [0.2, 0.25) is 0 Å². The number of carboxylic acids is 1. The number of aryl methyl sites for hydroxylation is 1. The van der Waals surface area contributed by atoms with E-state index in [9.17, 15) is 14.4 Å². The maximum atomic E-state index is 10.1. The van der Waals surface area contributed by atoms with Gasteiger partial charge in [-0.25, -0.2) is 0 Å². The van der Waals surface area contributed by atoms with Crippen LogP contribution in [0, 0.1) is 0 Å². The van der Waals surface area contributed by atoms with Gasteiger partial charge >= 0.3 is 5.97 Å². The minimum atomic E-state index is -0.924. The first-order valence-electron chi connectivity index (χ1n) is 4.78. The summed E-state index contributed by atoms with van der Waals surface area (Å²) in [4.78, 5) is 29.1. The number of carbonyl (C=O) groups is 3. The molecule has 0 saturated carbocycles. The van der Waals surface area contributed by atoms with Crippen LogP contribution < -0.4 is 0 Å². The van der Waals surface area contributed by atoms with Gasteiger partial charge in [0.25, 0.3) is 0 Å². The summed E-state index contributed by atoms with van der Waals surface area (Å²) in [5.74, 6) is -0.924. The summed E-state index contributed by atoms with van der Waals surface area (Å²) in [6, 6.07) is 1.69. The Labute approximate surface area is 92.9 Å². The molecule has 0 aromatic carbocycles. The average Bonchev–Trinajstić information content (AvgIpc) is 2.75. The minimum absolute atomic E-state index is 0.0521. The molecule has 1 rings (SSSR count). The van der Waals surface area contributed by atoms with Gasteiger partial charge in [0.2, 0.25) is 0 Å². The molecule has 0 radical (unpaired) electrons. The summed E-state index contributed by atoms with van der Waals surface area (Å²) in [6.45, 7) is 2.79. The Bertz CT molecular complexity index is 346. The third kappa shape index (κ3) is 6.47. The second-order valence-electron chi connectivity index (χ2n) is 2.81. The van der Waals surface area contributed by atoms with E-state index in [1.54, 1.807) is 16.9 Å². The Morgan fingerprint density at radius 1 is 1.56 bits per heavy atom. The Morgan fingerprint density at radius 2 is 2.25 bits per heavy atom. The molecule has 6 nitrogen and oxygen atoms in total. The monoisotopic (exact) mass is 226 g/mol. The lowest BCUT2D eigenvalue weighted by atomic mass is 10.3. The molecule has 0 aliphatic rings. The second kappa shape index (κ2) is 8.34. The van der Waals surface area contributed by atoms with Crippen molar-refractivity contribution in [3.63, 3.8) is 0 Å². The molecule has 1 aromatic rings. The Balaban J connectivity index is 0.000000293. The minimum Gasteiger partial charge on any atom is -0.481 e. The summed E-state index contributed by atoms with van der Waals surface area (Å²) < 4.78 is 1.71. The fourth-order valence-electron chi connectivity index (χ4n) is 0.799. The normalized spacial score (nSPS) is 8.81. The van der Waals surface area contributed by atoms with Gasteiger partial charge in [-0.15, -0.1) is 0 Å². The predicted octanol–water partition coefficient (Wildman–Crippen LogP) is 0.766. The number of aliphatic carboxylic acids is 1. The van der Waals surface area contributed by atoms with E-state index in [4.69, 9.17) is 5.11 Å². The molecule has 0 fully saturated rings. The zero-order valence-corrected chi connectivity index (χ0v) is 9.00. The highest BCUT2D eigenvalue weighted by molar-refractivity contribution is 5.71. The summed E-state index contributed by atoms with van der Waals surface area (Å²) in [5, 5.41) is 11.8. The van der Waals surface area contributed by atoms with E-state index < -0.39 is 5.97 Å². The fourth-order valence-corrected chi connectivity index (χ4v) is 0.799. The first-order chi connectivity index (χ1) is 7.63. The van der Waals surface area contributed by atoms with E-state index in [-0.39, 0.29) is 12.8 Å². The van der Waals surface area contributed by atoms with Crippen LogP contribution >= 0.6 is 0 Å². The van der Waals surface area contributed by atoms with Gasteiger partial charge in [0.15, 0.2) is 6.29 Å². The summed E-state index contributed by atoms with van der Waals surface area (Å²) in [7, 11) is 0. The van der Waals surface area contributed by atoms with Crippen molar-refractivity contribution in [3.8, 4) is 0 Å². The quantitative estimate of drug-likeness (QED) is 0.749. The van der Waals surface area contributed by atoms with Crippen LogP contribution in [0.5, 0.6) is 0 Å². The van der Waals surface area contributed by atoms with Gasteiger partial charge in [-0.2, -0.15) is 5.10 Å². The number of carboxylic acid groups (broad SMARTS) is 1. The van der Waals surface area contributed by atoms with Crippen LogP contribution in [0.4, 0.5) is 0 Å². The number of nitrogens with zero attached hydrogens (tertiary/aromatic N) is 2. The summed E-state index contributed by atoms with van der Waals surface area (Å²) in [5.41, 5.74) is 0.497. The van der Waals surface area contributed by atoms with Crippen molar-refractivity contribution in [1.29, 1.82) is 0 Å². The molecule has 88 valence electrons. The fraction of sp³-hybridized carbons (Fsp3) is 0.400. The molecule has 0 bridgehead atoms. The molecule has 0 aliphatic heterocycles. The van der Waals surface area contributed by atoms with Gasteiger partial charge in [0, 0.05) is 19.2 Å². The van der Waals surface area contributed by atoms with Gasteiger partial charge in [-0.1, -0.05) is 0 Å². The third-order valence-electron chi connectivity index (χ3n) is 1.58. The number of aromatic nitrogens is 2. The van der Waals surface area contributed by atoms with E-state index in [2.05, 4.69) is 5.10 Å². The molecule has 1 N–H and O–H groups in total. The second-order valence-corrected chi connectivity index (χ2v) is 2.81. The van der Waals surface area contributed by atoms with Crippen LogP contribution in [0.15, 0.2) is 12.3 Å². The molecule has 0 unspecified atom stereocenters. The molecule has 1 heterocycles. The molecular formula is C10H14N2O4. The van der Waals surface area contributed by atoms with Crippen molar-refractivity contribution in [2.45, 2.75) is 26.3 Å². The topological polar surface area (TPSA) is 89.3 Å². The van der Waals surface area contributed by atoms with Crippen molar-refractivity contribution in [1.82, 2.24) is 9.78 Å². The van der Waals surface area contributed by atoms with E-state index in [0.29, 0.717) is 12.0 Å². The molecule has 16 heavy (non-hydrogen) atoms. The largest absolute Gasteiger partial charge is 0.481 e. The van der Waals surface area contributed by atoms with E-state index >= 15 is 0 Å². The molecule has 0 amide bonds. The van der Waals surface area contributed by atoms with Gasteiger partial charge < -0.3 is 9.90 Å². The molecule has 6 heteroatoms. The Hall–Kier alpha value is -1.98. The van der Waals surface area contributed by atoms with Crippen LogP contribution in [0.25, 0.3) is 0 Å². The summed E-state index contributed by atoms with van der Waals surface area (Å²) >= 11 is 0. The average molecular weight is 226 g/mol. The lowest BCUT2D eigenvalue weighted by Crippen LogP contribution is -1.94. The van der Waals surface area contributed by atoms with E-state index in [1.807, 2.05) is 6.92 Å². The van der Waals surface area contributed by atoms with Crippen LogP contribution in [0.3, 0.4) is 0 Å². The highest BCUT2D eigenvalue weighted by Gasteiger charge is 1.92. The Morgan fingerprint density at radius 3 is 2.50 bits per heavy atom. The highest BCUT2D eigenvalue weighted by Crippen LogP contribution is 1.89. The molecule has 0 atom stereocenters. The number of hydrogen-bond acceptors (Lipinski definition) is 4. The first-order valence-corrected chi connectivity index (χ1v) is 4.78. The van der Waals surface area contributed by atoms with Crippen LogP contribution in [0.1, 0.15) is 30.3 Å². The number of hydrogen-bond donors (Lipinski definition) is 1. The summed E-state index contributed by atoms with van der Waals surface area (Å²) in [6.07, 6.45) is 3.18. The smallest absolute Gasteiger partial charge is 0.303 e. The lowest BCUT2D eigenvalue weighted by Gasteiger charge is -1.88. The number of rotatable bonds is 5. The molecule has 0 spiro atoms. The first kappa shape index (κ1) is 14.0. The van der Waals surface area contributed by atoms with Gasteiger partial charge in [0.05, 0.1) is 6.42 Å². The molecule has 1 aromatic heterocycles. The molecule has 0 aliphatic carbocycles. The van der Waals surface area contributed by atoms with Crippen molar-refractivity contribution in [3.05, 3.63) is 18.0 Å². The van der Waals surface area contributed by atoms with Crippen molar-refractivity contribution < 1.29 is 19.5 Å². The zero-order chi connectivity index (χ0) is 12.4. The molecular weight excluding hydrogens is 212 g/mol. The van der Waals surface area contributed by atoms with E-state index in [1.165, 1.54) is 0 Å². The van der Waals surface area contributed by atoms with Crippen LogP contribution in [-0.4, -0.2) is 33.4 Å². The van der Waals surface area contributed by atoms with Crippen LogP contribution in [-0.2, 0) is 16.1 Å². The molecule has 0 saturated heterocycles. The number of aldehydes is 2. The van der Waals surface area contributed by atoms with E-state index in [0.717, 1.165) is 12.8 Å². The third-order valence-corrected chi connectivity index (χ3v) is 1.58. The van der Waals surface area contributed by atoms with Gasteiger partial charge in [0.1, 0.15) is 12.0 Å². The SMILES string of the molecule is CCn1ccc(C=O)n1.O=CCCC(=O)O. The zero-order valence-electron chi connectivity index (χ0n) is 9.00. The standard InChI is InChI=1S/C6H8N2O.C4H6O3/c1-2-8-4-3-6(5-9)7-8;5-3-1-2-4(6)7/h3-5H,2H2,1H3;3H,1-2H2,(H,6,7). The van der Waals surface area contributed by atoms with Gasteiger partial charge in [-0.3, -0.25) is 14.3 Å². The Kier molecular flexibility index (Phi) is 7.31. The predicted molar refractivity (Wildman–Crippen MR) is 56.2 cm³/mol. The van der Waals surface area contributed by atoms with Gasteiger partial charge in [-0.05, 0) is 13.0 Å². The lowest BCUT2D eigenvalue weighted by molar-refractivity contribution is -0.137. The van der Waals surface area contributed by atoms with Crippen molar-refractivity contribution >= 4 is 18.5 Å². The number of carbonyl (C=O) groups excluding carboxylic acids is 2.